The van der Waals surface area contributed by atoms with Crippen molar-refractivity contribution in [1.29, 1.82) is 0 Å². The maximum absolute atomic E-state index is 11.3. The molecule has 5 heteroatoms. The van der Waals surface area contributed by atoms with Crippen LogP contribution in [0.15, 0.2) is 46.9 Å². The molecule has 0 saturated carbocycles. The van der Waals surface area contributed by atoms with Gasteiger partial charge in [0, 0.05) is 10.8 Å². The highest BCUT2D eigenvalue weighted by Crippen LogP contribution is 2.31. The van der Waals surface area contributed by atoms with Crippen LogP contribution in [-0.2, 0) is 9.63 Å². The van der Waals surface area contributed by atoms with E-state index in [4.69, 9.17) is 9.15 Å². The average molecular weight is 271 g/mol. The van der Waals surface area contributed by atoms with E-state index in [0.717, 1.165) is 21.9 Å². The summed E-state index contributed by atoms with van der Waals surface area (Å²) in [7, 11) is 1.38. The minimum atomic E-state index is -0.343. The van der Waals surface area contributed by atoms with Gasteiger partial charge in [0.05, 0.1) is 7.11 Å². The largest absolute Gasteiger partial charge is 0.484 e. The first-order valence-electron chi connectivity index (χ1n) is 6.14. The Morgan fingerprint density at radius 2 is 1.95 bits per heavy atom. The van der Waals surface area contributed by atoms with Crippen molar-refractivity contribution in [1.82, 2.24) is 5.48 Å². The molecule has 1 amide bonds. The zero-order chi connectivity index (χ0) is 13.9. The van der Waals surface area contributed by atoms with Gasteiger partial charge in [-0.1, -0.05) is 18.2 Å². The van der Waals surface area contributed by atoms with Gasteiger partial charge in [0.1, 0.15) is 16.9 Å². The van der Waals surface area contributed by atoms with Gasteiger partial charge in [-0.25, -0.2) is 5.48 Å². The summed E-state index contributed by atoms with van der Waals surface area (Å²) in [5, 5.41) is 1.99. The standard InChI is InChI=1S/C15H13NO4/c1-18-16-15(17)9-19-10-6-7-14-12(8-10)11-4-2-3-5-13(11)20-14/h2-8H,9H2,1H3,(H,16,17). The molecule has 0 aliphatic heterocycles. The molecule has 3 aromatic rings. The minimum absolute atomic E-state index is 0.102. The molecule has 0 spiro atoms. The first kappa shape index (κ1) is 12.5. The van der Waals surface area contributed by atoms with Gasteiger partial charge in [-0.2, -0.15) is 0 Å². The SMILES string of the molecule is CONC(=O)COc1ccc2oc3ccccc3c2c1. The zero-order valence-corrected chi connectivity index (χ0v) is 10.9. The van der Waals surface area contributed by atoms with Gasteiger partial charge in [-0.05, 0) is 24.3 Å². The maximum atomic E-state index is 11.3. The quantitative estimate of drug-likeness (QED) is 0.741. The van der Waals surface area contributed by atoms with Gasteiger partial charge < -0.3 is 9.15 Å². The summed E-state index contributed by atoms with van der Waals surface area (Å²) in [6, 6.07) is 13.3. The maximum Gasteiger partial charge on any atom is 0.281 e. The predicted octanol–water partition coefficient (Wildman–Crippen LogP) is 2.64. The van der Waals surface area contributed by atoms with Crippen LogP contribution in [0.25, 0.3) is 21.9 Å². The highest BCUT2D eigenvalue weighted by atomic mass is 16.6. The number of furan rings is 1. The van der Waals surface area contributed by atoms with Gasteiger partial charge >= 0.3 is 0 Å². The molecule has 1 aromatic heterocycles. The number of amides is 1. The van der Waals surface area contributed by atoms with E-state index in [9.17, 15) is 4.79 Å². The topological polar surface area (TPSA) is 60.7 Å². The third-order valence-corrected chi connectivity index (χ3v) is 2.93. The number of rotatable bonds is 4. The lowest BCUT2D eigenvalue weighted by atomic mass is 10.1. The third-order valence-electron chi connectivity index (χ3n) is 2.93. The number of ether oxygens (including phenoxy) is 1. The van der Waals surface area contributed by atoms with E-state index < -0.39 is 0 Å². The van der Waals surface area contributed by atoms with Crippen molar-refractivity contribution in [3.63, 3.8) is 0 Å². The second kappa shape index (κ2) is 5.22. The van der Waals surface area contributed by atoms with Crippen molar-refractivity contribution >= 4 is 27.8 Å². The lowest BCUT2D eigenvalue weighted by Crippen LogP contribution is -2.27. The summed E-state index contributed by atoms with van der Waals surface area (Å²) in [6.07, 6.45) is 0. The van der Waals surface area contributed by atoms with Crippen molar-refractivity contribution in [2.75, 3.05) is 13.7 Å². The highest BCUT2D eigenvalue weighted by molar-refractivity contribution is 6.05. The van der Waals surface area contributed by atoms with Crippen LogP contribution in [0.2, 0.25) is 0 Å². The van der Waals surface area contributed by atoms with Crippen molar-refractivity contribution in [2.45, 2.75) is 0 Å². The summed E-state index contributed by atoms with van der Waals surface area (Å²) < 4.78 is 11.1. The molecule has 0 fully saturated rings. The monoisotopic (exact) mass is 271 g/mol. The van der Waals surface area contributed by atoms with E-state index in [1.165, 1.54) is 7.11 Å². The molecule has 102 valence electrons. The molecular formula is C15H13NO4. The third kappa shape index (κ3) is 2.31. The number of hydroxylamine groups is 1. The van der Waals surface area contributed by atoms with Crippen LogP contribution in [0.3, 0.4) is 0 Å². The van der Waals surface area contributed by atoms with Crippen molar-refractivity contribution in [3.8, 4) is 5.75 Å². The van der Waals surface area contributed by atoms with Crippen molar-refractivity contribution in [2.24, 2.45) is 0 Å². The molecule has 5 nitrogen and oxygen atoms in total. The fraction of sp³-hybridized carbons (Fsp3) is 0.133. The molecule has 1 heterocycles. The number of hydrogen-bond donors (Lipinski definition) is 1. The van der Waals surface area contributed by atoms with Crippen LogP contribution < -0.4 is 10.2 Å². The summed E-state index contributed by atoms with van der Waals surface area (Å²) in [4.78, 5) is 15.8. The summed E-state index contributed by atoms with van der Waals surface area (Å²) in [6.45, 7) is -0.102. The lowest BCUT2D eigenvalue weighted by molar-refractivity contribution is -0.133. The number of benzene rings is 2. The molecule has 0 aliphatic rings. The Kier molecular flexibility index (Phi) is 3.26. The highest BCUT2D eigenvalue weighted by Gasteiger charge is 2.08. The van der Waals surface area contributed by atoms with E-state index in [0.29, 0.717) is 5.75 Å². The van der Waals surface area contributed by atoms with Gasteiger partial charge in [-0.3, -0.25) is 9.63 Å². The Morgan fingerprint density at radius 3 is 2.80 bits per heavy atom. The molecule has 0 atom stereocenters. The number of fused-ring (bicyclic) bond motifs is 3. The first-order valence-corrected chi connectivity index (χ1v) is 6.14. The number of carbonyl (C=O) groups excluding carboxylic acids is 1. The zero-order valence-electron chi connectivity index (χ0n) is 10.9. The molecule has 0 radical (unpaired) electrons. The molecule has 0 aliphatic carbocycles. The Bertz CT molecular complexity index is 763. The molecular weight excluding hydrogens is 258 g/mol. The van der Waals surface area contributed by atoms with Gasteiger partial charge in [-0.15, -0.1) is 0 Å². The second-order valence-electron chi connectivity index (χ2n) is 4.27. The molecule has 0 saturated heterocycles. The van der Waals surface area contributed by atoms with Gasteiger partial charge in [0.15, 0.2) is 6.61 Å². The molecule has 1 N–H and O–H groups in total. The smallest absolute Gasteiger partial charge is 0.281 e. The van der Waals surface area contributed by atoms with Gasteiger partial charge in [0.25, 0.3) is 5.91 Å². The fourth-order valence-electron chi connectivity index (χ4n) is 2.09. The number of nitrogens with one attached hydrogen (secondary N) is 1. The van der Waals surface area contributed by atoms with Gasteiger partial charge in [0.2, 0.25) is 0 Å². The predicted molar refractivity (Wildman–Crippen MR) is 74.4 cm³/mol. The van der Waals surface area contributed by atoms with Crippen LogP contribution in [0, 0.1) is 0 Å². The van der Waals surface area contributed by atoms with Crippen LogP contribution in [0.5, 0.6) is 5.75 Å². The lowest BCUT2D eigenvalue weighted by Gasteiger charge is -2.05. The summed E-state index contributed by atoms with van der Waals surface area (Å²) in [5.74, 6) is 0.264. The molecule has 2 aromatic carbocycles. The average Bonchev–Trinajstić information content (AvgIpc) is 2.83. The molecule has 20 heavy (non-hydrogen) atoms. The Labute approximate surface area is 115 Å². The van der Waals surface area contributed by atoms with Crippen LogP contribution in [0.1, 0.15) is 0 Å². The van der Waals surface area contributed by atoms with E-state index in [2.05, 4.69) is 10.3 Å². The van der Waals surface area contributed by atoms with Crippen LogP contribution in [-0.4, -0.2) is 19.6 Å². The normalized spacial score (nSPS) is 10.8. The minimum Gasteiger partial charge on any atom is -0.484 e. The van der Waals surface area contributed by atoms with E-state index in [1.807, 2.05) is 36.4 Å². The molecule has 0 unspecified atom stereocenters. The number of para-hydroxylation sites is 1. The Balaban J connectivity index is 1.90. The molecule has 0 bridgehead atoms. The molecule has 3 rings (SSSR count). The Morgan fingerprint density at radius 1 is 1.15 bits per heavy atom. The van der Waals surface area contributed by atoms with E-state index >= 15 is 0 Å². The fourth-order valence-corrected chi connectivity index (χ4v) is 2.09. The van der Waals surface area contributed by atoms with Crippen LogP contribution >= 0.6 is 0 Å². The number of hydrogen-bond acceptors (Lipinski definition) is 4. The first-order chi connectivity index (χ1) is 9.78. The second-order valence-corrected chi connectivity index (χ2v) is 4.27. The summed E-state index contributed by atoms with van der Waals surface area (Å²) >= 11 is 0. The van der Waals surface area contributed by atoms with Crippen LogP contribution in [0.4, 0.5) is 0 Å². The van der Waals surface area contributed by atoms with Crippen molar-refractivity contribution < 1.29 is 18.8 Å². The van der Waals surface area contributed by atoms with Crippen molar-refractivity contribution in [3.05, 3.63) is 42.5 Å². The van der Waals surface area contributed by atoms with E-state index in [1.54, 1.807) is 6.07 Å². The number of carbonyl (C=O) groups is 1. The van der Waals surface area contributed by atoms with E-state index in [-0.39, 0.29) is 12.5 Å². The summed E-state index contributed by atoms with van der Waals surface area (Å²) in [5.41, 5.74) is 3.82. The Hall–Kier alpha value is -2.53.